The summed E-state index contributed by atoms with van der Waals surface area (Å²) in [6.45, 7) is 2.44. The van der Waals surface area contributed by atoms with E-state index in [0.717, 1.165) is 65.9 Å². The first kappa shape index (κ1) is 26.7. The molecule has 3 saturated heterocycles. The molecule has 2 bridgehead atoms. The summed E-state index contributed by atoms with van der Waals surface area (Å²) in [6.07, 6.45) is 12.8. The molecule has 208 valence electrons. The Kier molecular flexibility index (Phi) is 6.81. The SMILES string of the molecule is Cn1cc(C2=CN/C(=C(/C#N)C=N)C(c3ccc(N4CC5CC(C4)N5Cc4cccc(S(C)(=O)=O)c4)nc3)=C2)cn1. The van der Waals surface area contributed by atoms with Gasteiger partial charge < -0.3 is 15.6 Å². The van der Waals surface area contributed by atoms with Crippen molar-refractivity contribution in [1.82, 2.24) is 25.0 Å². The van der Waals surface area contributed by atoms with E-state index >= 15 is 0 Å². The maximum absolute atomic E-state index is 12.0. The molecule has 4 aliphatic rings. The summed E-state index contributed by atoms with van der Waals surface area (Å²) < 4.78 is 25.7. The van der Waals surface area contributed by atoms with Crippen molar-refractivity contribution in [3.63, 3.8) is 0 Å². The maximum atomic E-state index is 12.0. The maximum Gasteiger partial charge on any atom is 0.175 e. The molecular formula is C30H30N8O2S. The van der Waals surface area contributed by atoms with Gasteiger partial charge in [0.25, 0.3) is 0 Å². The molecule has 2 N–H and O–H groups in total. The number of nitrogens with zero attached hydrogens (tertiary/aromatic N) is 6. The second-order valence-corrected chi connectivity index (χ2v) is 12.7. The fourth-order valence-electron chi connectivity index (χ4n) is 5.79. The van der Waals surface area contributed by atoms with Crippen LogP contribution in [0.5, 0.6) is 0 Å². The normalized spacial score (nSPS) is 21.6. The van der Waals surface area contributed by atoms with Gasteiger partial charge >= 0.3 is 0 Å². The predicted molar refractivity (Wildman–Crippen MR) is 157 cm³/mol. The molecule has 2 atom stereocenters. The van der Waals surface area contributed by atoms with Crippen LogP contribution in [0.2, 0.25) is 0 Å². The Labute approximate surface area is 239 Å². The summed E-state index contributed by atoms with van der Waals surface area (Å²) in [6, 6.07) is 14.1. The van der Waals surface area contributed by atoms with Crippen LogP contribution in [0.3, 0.4) is 0 Å². The van der Waals surface area contributed by atoms with Crippen LogP contribution in [0.4, 0.5) is 5.82 Å². The van der Waals surface area contributed by atoms with Crippen molar-refractivity contribution in [2.45, 2.75) is 29.9 Å². The molecule has 4 aliphatic heterocycles. The minimum absolute atomic E-state index is 0.236. The van der Waals surface area contributed by atoms with Gasteiger partial charge in [-0.1, -0.05) is 12.1 Å². The summed E-state index contributed by atoms with van der Waals surface area (Å²) >= 11 is 0. The smallest absolute Gasteiger partial charge is 0.175 e. The monoisotopic (exact) mass is 566 g/mol. The minimum Gasteiger partial charge on any atom is -0.359 e. The molecule has 2 aromatic heterocycles. The van der Waals surface area contributed by atoms with Crippen LogP contribution in [-0.4, -0.2) is 65.7 Å². The van der Waals surface area contributed by atoms with E-state index in [-0.39, 0.29) is 5.57 Å². The lowest BCUT2D eigenvalue weighted by atomic mass is 9.86. The Bertz CT molecular complexity index is 1750. The van der Waals surface area contributed by atoms with E-state index in [2.05, 4.69) is 26.3 Å². The van der Waals surface area contributed by atoms with Crippen molar-refractivity contribution >= 4 is 33.0 Å². The number of sulfone groups is 1. The van der Waals surface area contributed by atoms with Crippen molar-refractivity contribution in [2.75, 3.05) is 24.2 Å². The number of nitrogens with one attached hydrogen (secondary N) is 2. The quantitative estimate of drug-likeness (QED) is 0.330. The van der Waals surface area contributed by atoms with Gasteiger partial charge in [0.2, 0.25) is 0 Å². The van der Waals surface area contributed by atoms with E-state index in [1.54, 1.807) is 23.0 Å². The van der Waals surface area contributed by atoms with Gasteiger partial charge in [-0.15, -0.1) is 0 Å². The number of aryl methyl sites for hydroxylation is 1. The third-order valence-corrected chi connectivity index (χ3v) is 9.04. The van der Waals surface area contributed by atoms with Gasteiger partial charge in [0.15, 0.2) is 9.84 Å². The van der Waals surface area contributed by atoms with Crippen molar-refractivity contribution in [3.8, 4) is 6.07 Å². The second kappa shape index (κ2) is 10.5. The number of piperidine rings is 1. The molecule has 6 heterocycles. The average molecular weight is 567 g/mol. The third kappa shape index (κ3) is 5.19. The zero-order valence-electron chi connectivity index (χ0n) is 22.8. The van der Waals surface area contributed by atoms with Gasteiger partial charge in [-0.05, 0) is 42.3 Å². The van der Waals surface area contributed by atoms with E-state index in [9.17, 15) is 13.7 Å². The van der Waals surface area contributed by atoms with Crippen molar-refractivity contribution in [1.29, 1.82) is 10.7 Å². The highest BCUT2D eigenvalue weighted by molar-refractivity contribution is 7.90. The van der Waals surface area contributed by atoms with Gasteiger partial charge in [-0.3, -0.25) is 9.58 Å². The Balaban J connectivity index is 1.19. The standard InChI is InChI=1S/C30H30N8O2S/c1-36-17-24(15-35-36)22-9-28(30(34-14-22)23(11-31)12-32)21-6-7-29(33-13-21)37-18-25-10-26(19-37)38(25)16-20-4-3-5-27(8-20)41(2,39)40/h3-9,11,13-15,17,25-26,31,34H,10,16,18-19H2,1-2H3/b30-23+,31-11?. The van der Waals surface area contributed by atoms with Crippen molar-refractivity contribution < 1.29 is 8.42 Å². The molecule has 3 aromatic rings. The fraction of sp³-hybridized carbons (Fsp3) is 0.267. The molecule has 0 saturated carbocycles. The topological polar surface area (TPSA) is 131 Å². The van der Waals surface area contributed by atoms with Crippen LogP contribution >= 0.6 is 0 Å². The zero-order valence-corrected chi connectivity index (χ0v) is 23.6. The minimum atomic E-state index is -3.23. The van der Waals surface area contributed by atoms with Crippen LogP contribution in [0, 0.1) is 16.7 Å². The number of pyridine rings is 1. The highest BCUT2D eigenvalue weighted by atomic mass is 32.2. The number of benzene rings is 1. The molecule has 11 heteroatoms. The van der Waals surface area contributed by atoms with E-state index in [1.807, 2.05) is 56.0 Å². The van der Waals surface area contributed by atoms with Gasteiger partial charge in [0.05, 0.1) is 22.4 Å². The zero-order chi connectivity index (χ0) is 28.7. The largest absolute Gasteiger partial charge is 0.359 e. The molecule has 0 amide bonds. The number of anilines is 1. The second-order valence-electron chi connectivity index (χ2n) is 10.7. The van der Waals surface area contributed by atoms with Crippen LogP contribution in [0.1, 0.15) is 23.1 Å². The number of fused-ring (bicyclic) bond motifs is 2. The first-order valence-electron chi connectivity index (χ1n) is 13.3. The number of piperazine rings is 1. The van der Waals surface area contributed by atoms with Crippen LogP contribution in [0.25, 0.3) is 11.1 Å². The lowest BCUT2D eigenvalue weighted by Gasteiger charge is -2.56. The molecule has 1 aromatic carbocycles. The van der Waals surface area contributed by atoms with Crippen LogP contribution < -0.4 is 10.2 Å². The molecule has 7 rings (SSSR count). The van der Waals surface area contributed by atoms with Crippen LogP contribution in [-0.2, 0) is 23.4 Å². The summed E-state index contributed by atoms with van der Waals surface area (Å²) in [5.74, 6) is 0.896. The average Bonchev–Trinajstić information content (AvgIpc) is 3.42. The number of hydrogen-bond donors (Lipinski definition) is 2. The molecule has 2 unspecified atom stereocenters. The third-order valence-electron chi connectivity index (χ3n) is 7.93. The van der Waals surface area contributed by atoms with Crippen molar-refractivity contribution in [2.24, 2.45) is 7.05 Å². The summed E-state index contributed by atoms with van der Waals surface area (Å²) in [7, 11) is -1.37. The van der Waals surface area contributed by atoms with Gasteiger partial charge in [-0.2, -0.15) is 10.4 Å². The number of rotatable bonds is 7. The van der Waals surface area contributed by atoms with E-state index in [0.29, 0.717) is 22.7 Å². The Morgan fingerprint density at radius 3 is 2.63 bits per heavy atom. The molecule has 0 radical (unpaired) electrons. The van der Waals surface area contributed by atoms with Crippen molar-refractivity contribution in [3.05, 3.63) is 95.2 Å². The van der Waals surface area contributed by atoms with Gasteiger partial charge in [-0.25, -0.2) is 13.4 Å². The highest BCUT2D eigenvalue weighted by Gasteiger charge is 2.44. The predicted octanol–water partition coefficient (Wildman–Crippen LogP) is 3.14. The molecule has 3 fully saturated rings. The molecule has 10 nitrogen and oxygen atoms in total. The number of allylic oxidation sites excluding steroid dienone is 4. The van der Waals surface area contributed by atoms with Gasteiger partial charge in [0.1, 0.15) is 11.9 Å². The van der Waals surface area contributed by atoms with Crippen LogP contribution in [0.15, 0.2) is 83.4 Å². The molecule has 41 heavy (non-hydrogen) atoms. The summed E-state index contributed by atoms with van der Waals surface area (Å²) in [5, 5.41) is 24.8. The fourth-order valence-corrected chi connectivity index (χ4v) is 6.49. The summed E-state index contributed by atoms with van der Waals surface area (Å²) in [5.41, 5.74) is 5.30. The lowest BCUT2D eigenvalue weighted by molar-refractivity contribution is -0.00872. The first-order valence-corrected chi connectivity index (χ1v) is 15.2. The first-order chi connectivity index (χ1) is 19.7. The Morgan fingerprint density at radius 1 is 1.20 bits per heavy atom. The highest BCUT2D eigenvalue weighted by Crippen LogP contribution is 2.36. The Morgan fingerprint density at radius 2 is 2.00 bits per heavy atom. The Hall–Kier alpha value is -4.53. The van der Waals surface area contributed by atoms with Gasteiger partial charge in [0, 0.05) is 92.1 Å². The van der Waals surface area contributed by atoms with E-state index < -0.39 is 9.84 Å². The summed E-state index contributed by atoms with van der Waals surface area (Å²) in [4.78, 5) is 9.92. The lowest BCUT2D eigenvalue weighted by Crippen LogP contribution is -2.68. The molecule has 0 spiro atoms. The number of hydrogen-bond acceptors (Lipinski definition) is 9. The number of nitriles is 1. The number of aromatic nitrogens is 3. The van der Waals surface area contributed by atoms with E-state index in [4.69, 9.17) is 10.4 Å². The van der Waals surface area contributed by atoms with E-state index in [1.165, 1.54) is 6.26 Å². The molecule has 0 aliphatic carbocycles. The number of dihydropyridines is 1. The molecular weight excluding hydrogens is 536 g/mol.